The van der Waals surface area contributed by atoms with E-state index >= 15 is 0 Å². The number of rotatable bonds is 5. The van der Waals surface area contributed by atoms with Crippen LogP contribution in [0.4, 0.5) is 0 Å². The lowest BCUT2D eigenvalue weighted by Crippen LogP contribution is -2.27. The van der Waals surface area contributed by atoms with E-state index in [9.17, 15) is 10.1 Å². The zero-order chi connectivity index (χ0) is 16.7. The number of nitriles is 1. The van der Waals surface area contributed by atoms with E-state index in [1.807, 2.05) is 67.6 Å². The normalized spacial score (nSPS) is 12.3. The molecule has 1 atom stereocenters. The summed E-state index contributed by atoms with van der Waals surface area (Å²) < 4.78 is 0. The molecule has 0 unspecified atom stereocenters. The molecule has 3 heteroatoms. The van der Waals surface area contributed by atoms with Gasteiger partial charge in [-0.25, -0.2) is 0 Å². The second-order valence-electron chi connectivity index (χ2n) is 5.37. The molecule has 0 aromatic heterocycles. The summed E-state index contributed by atoms with van der Waals surface area (Å²) in [4.78, 5) is 12.3. The van der Waals surface area contributed by atoms with E-state index in [4.69, 9.17) is 0 Å². The van der Waals surface area contributed by atoms with Gasteiger partial charge in [-0.15, -0.1) is 0 Å². The van der Waals surface area contributed by atoms with Gasteiger partial charge in [0.1, 0.15) is 11.6 Å². The second kappa shape index (κ2) is 7.95. The van der Waals surface area contributed by atoms with E-state index in [2.05, 4.69) is 12.2 Å². The number of nitrogens with zero attached hydrogens (tertiary/aromatic N) is 1. The summed E-state index contributed by atoms with van der Waals surface area (Å²) in [5, 5.41) is 12.1. The number of benzene rings is 2. The fraction of sp³-hybridized carbons (Fsp3) is 0.200. The molecule has 116 valence electrons. The Bertz CT molecular complexity index is 724. The third-order valence-corrected chi connectivity index (χ3v) is 3.71. The summed E-state index contributed by atoms with van der Waals surface area (Å²) in [7, 11) is 0. The Morgan fingerprint density at radius 3 is 2.39 bits per heavy atom. The first-order chi connectivity index (χ1) is 11.1. The minimum absolute atomic E-state index is 0.108. The van der Waals surface area contributed by atoms with Crippen molar-refractivity contribution in [2.24, 2.45) is 0 Å². The summed E-state index contributed by atoms with van der Waals surface area (Å²) in [6.45, 7) is 3.99. The largest absolute Gasteiger partial charge is 0.345 e. The number of amides is 1. The summed E-state index contributed by atoms with van der Waals surface area (Å²) in [5.74, 6) is -0.358. The molecule has 1 N–H and O–H groups in total. The van der Waals surface area contributed by atoms with Crippen molar-refractivity contribution in [3.63, 3.8) is 0 Å². The summed E-state index contributed by atoms with van der Waals surface area (Å²) in [5.41, 5.74) is 3.19. The van der Waals surface area contributed by atoms with Crippen molar-refractivity contribution >= 4 is 12.0 Å². The zero-order valence-electron chi connectivity index (χ0n) is 13.4. The first-order valence-corrected chi connectivity index (χ1v) is 7.70. The number of aryl methyl sites for hydroxylation is 1. The van der Waals surface area contributed by atoms with Gasteiger partial charge >= 0.3 is 0 Å². The van der Waals surface area contributed by atoms with Gasteiger partial charge in [0.15, 0.2) is 0 Å². The van der Waals surface area contributed by atoms with Gasteiger partial charge in [0.2, 0.25) is 0 Å². The maximum atomic E-state index is 12.3. The van der Waals surface area contributed by atoms with Gasteiger partial charge in [-0.05, 0) is 36.1 Å². The van der Waals surface area contributed by atoms with Crippen LogP contribution in [0.2, 0.25) is 0 Å². The monoisotopic (exact) mass is 304 g/mol. The van der Waals surface area contributed by atoms with Gasteiger partial charge < -0.3 is 5.32 Å². The fourth-order valence-corrected chi connectivity index (χ4v) is 2.26. The van der Waals surface area contributed by atoms with E-state index < -0.39 is 0 Å². The number of carbonyl (C=O) groups excluding carboxylic acids is 1. The quantitative estimate of drug-likeness (QED) is 0.669. The topological polar surface area (TPSA) is 52.9 Å². The van der Waals surface area contributed by atoms with Gasteiger partial charge in [-0.1, -0.05) is 61.5 Å². The lowest BCUT2D eigenvalue weighted by molar-refractivity contribution is -0.117. The smallest absolute Gasteiger partial charge is 0.262 e. The first-order valence-electron chi connectivity index (χ1n) is 7.70. The van der Waals surface area contributed by atoms with Crippen molar-refractivity contribution in [1.29, 1.82) is 5.26 Å². The third-order valence-electron chi connectivity index (χ3n) is 3.71. The maximum Gasteiger partial charge on any atom is 0.262 e. The van der Waals surface area contributed by atoms with Gasteiger partial charge in [0, 0.05) is 0 Å². The van der Waals surface area contributed by atoms with Gasteiger partial charge in [-0.3, -0.25) is 4.79 Å². The van der Waals surface area contributed by atoms with Crippen molar-refractivity contribution < 1.29 is 4.79 Å². The van der Waals surface area contributed by atoms with Crippen LogP contribution in [-0.4, -0.2) is 5.91 Å². The van der Waals surface area contributed by atoms with Crippen LogP contribution >= 0.6 is 0 Å². The van der Waals surface area contributed by atoms with Crippen LogP contribution in [0.15, 0.2) is 60.2 Å². The van der Waals surface area contributed by atoms with Gasteiger partial charge in [-0.2, -0.15) is 5.26 Å². The highest BCUT2D eigenvalue weighted by atomic mass is 16.1. The fourth-order valence-electron chi connectivity index (χ4n) is 2.26. The third kappa shape index (κ3) is 4.55. The number of nitrogens with one attached hydrogen (secondary N) is 1. The molecule has 0 aliphatic carbocycles. The average molecular weight is 304 g/mol. The molecule has 1 amide bonds. The standard InChI is InChI=1S/C20H20N2O/c1-3-16-9-11-17(12-10-16)13-19(14-21)20(23)22-15(2)18-7-5-4-6-8-18/h4-13,15H,3H2,1-2H3,(H,22,23)/b19-13-/t15-/m0/s1. The highest BCUT2D eigenvalue weighted by molar-refractivity contribution is 6.01. The molecule has 0 bridgehead atoms. The van der Waals surface area contributed by atoms with Crippen molar-refractivity contribution in [3.05, 3.63) is 76.9 Å². The van der Waals surface area contributed by atoms with Crippen molar-refractivity contribution in [3.8, 4) is 6.07 Å². The van der Waals surface area contributed by atoms with E-state index in [1.54, 1.807) is 6.08 Å². The summed E-state index contributed by atoms with van der Waals surface area (Å²) in [6, 6.07) is 19.4. The van der Waals surface area contributed by atoms with Crippen molar-refractivity contribution in [2.75, 3.05) is 0 Å². The Morgan fingerprint density at radius 1 is 1.17 bits per heavy atom. The lowest BCUT2D eigenvalue weighted by Gasteiger charge is -2.13. The van der Waals surface area contributed by atoms with Crippen LogP contribution in [0, 0.1) is 11.3 Å². The minimum atomic E-state index is -0.358. The second-order valence-corrected chi connectivity index (χ2v) is 5.37. The summed E-state index contributed by atoms with van der Waals surface area (Å²) in [6.07, 6.45) is 2.58. The van der Waals surface area contributed by atoms with Crippen LogP contribution in [0.3, 0.4) is 0 Å². The molecule has 0 aliphatic rings. The first kappa shape index (κ1) is 16.5. The van der Waals surface area contributed by atoms with Crippen LogP contribution in [-0.2, 0) is 11.2 Å². The molecular formula is C20H20N2O. The molecule has 0 heterocycles. The SMILES string of the molecule is CCc1ccc(/C=C(/C#N)C(=O)N[C@@H](C)c2ccccc2)cc1. The Labute approximate surface area is 137 Å². The highest BCUT2D eigenvalue weighted by Gasteiger charge is 2.13. The molecule has 2 aromatic carbocycles. The molecule has 2 rings (SSSR count). The van der Waals surface area contributed by atoms with Crippen molar-refractivity contribution in [1.82, 2.24) is 5.32 Å². The van der Waals surface area contributed by atoms with Crippen LogP contribution < -0.4 is 5.32 Å². The maximum absolute atomic E-state index is 12.3. The Kier molecular flexibility index (Phi) is 5.71. The summed E-state index contributed by atoms with van der Waals surface area (Å²) >= 11 is 0. The Balaban J connectivity index is 2.11. The highest BCUT2D eigenvalue weighted by Crippen LogP contribution is 2.14. The van der Waals surface area contributed by atoms with E-state index in [0.29, 0.717) is 0 Å². The molecule has 0 spiro atoms. The predicted octanol–water partition coefficient (Wildman–Crippen LogP) is 4.03. The Hall–Kier alpha value is -2.86. The molecule has 0 radical (unpaired) electrons. The Morgan fingerprint density at radius 2 is 1.83 bits per heavy atom. The number of carbonyl (C=O) groups is 1. The van der Waals surface area contributed by atoms with Crippen LogP contribution in [0.5, 0.6) is 0 Å². The van der Waals surface area contributed by atoms with Gasteiger partial charge in [0.05, 0.1) is 6.04 Å². The van der Waals surface area contributed by atoms with E-state index in [1.165, 1.54) is 5.56 Å². The van der Waals surface area contributed by atoms with Crippen LogP contribution in [0.25, 0.3) is 6.08 Å². The molecule has 0 aliphatic heterocycles. The molecule has 0 saturated carbocycles. The zero-order valence-corrected chi connectivity index (χ0v) is 13.4. The predicted molar refractivity (Wildman–Crippen MR) is 92.4 cm³/mol. The molecule has 0 fully saturated rings. The van der Waals surface area contributed by atoms with Gasteiger partial charge in [0.25, 0.3) is 5.91 Å². The number of hydrogen-bond acceptors (Lipinski definition) is 2. The van der Waals surface area contributed by atoms with Crippen molar-refractivity contribution in [2.45, 2.75) is 26.3 Å². The molecule has 3 nitrogen and oxygen atoms in total. The molecule has 2 aromatic rings. The average Bonchev–Trinajstić information content (AvgIpc) is 2.60. The number of hydrogen-bond donors (Lipinski definition) is 1. The minimum Gasteiger partial charge on any atom is -0.345 e. The van der Waals surface area contributed by atoms with Crippen LogP contribution in [0.1, 0.15) is 36.6 Å². The molecular weight excluding hydrogens is 284 g/mol. The molecule has 23 heavy (non-hydrogen) atoms. The lowest BCUT2D eigenvalue weighted by atomic mass is 10.1. The van der Waals surface area contributed by atoms with E-state index in [0.717, 1.165) is 17.5 Å². The molecule has 0 saturated heterocycles. The van der Waals surface area contributed by atoms with E-state index in [-0.39, 0.29) is 17.5 Å².